The van der Waals surface area contributed by atoms with Crippen molar-refractivity contribution >= 4 is 66.3 Å². The normalized spacial score (nSPS) is 11.4. The van der Waals surface area contributed by atoms with Crippen LogP contribution < -0.4 is 10.3 Å². The number of nitrogens with zero attached hydrogens (tertiary/aromatic N) is 4. The lowest BCUT2D eigenvalue weighted by Gasteiger charge is -2.12. The Labute approximate surface area is 234 Å². The average Bonchev–Trinajstić information content (AvgIpc) is 2.87. The number of hydrogen-bond donors (Lipinski definition) is 0. The Morgan fingerprint density at radius 1 is 1.16 bits per heavy atom. The first-order valence-corrected chi connectivity index (χ1v) is 13.3. The van der Waals surface area contributed by atoms with Crippen molar-refractivity contribution in [2.24, 2.45) is 5.10 Å². The van der Waals surface area contributed by atoms with Crippen LogP contribution >= 0.6 is 43.5 Å². The number of fused-ring (bicyclic) bond motifs is 1. The van der Waals surface area contributed by atoms with Gasteiger partial charge in [-0.05, 0) is 36.8 Å². The lowest BCUT2D eigenvalue weighted by atomic mass is 10.2. The summed E-state index contributed by atoms with van der Waals surface area (Å²) >= 11 is 13.0. The van der Waals surface area contributed by atoms with Crippen molar-refractivity contribution in [3.8, 4) is 5.75 Å². The predicted octanol–water partition coefficient (Wildman–Crippen LogP) is 7.29. The van der Waals surface area contributed by atoms with Gasteiger partial charge in [0.2, 0.25) is 5.75 Å². The quantitative estimate of drug-likeness (QED) is 0.108. The molecule has 37 heavy (non-hydrogen) atoms. The number of unbranched alkanes of at least 4 members (excludes halogenated alkanes) is 1. The van der Waals surface area contributed by atoms with Gasteiger partial charge in [-0.3, -0.25) is 14.9 Å². The number of aromatic nitrogens is 2. The number of ether oxygens (including phenoxy) is 1. The van der Waals surface area contributed by atoms with E-state index in [-0.39, 0.29) is 23.6 Å². The van der Waals surface area contributed by atoms with E-state index in [9.17, 15) is 14.9 Å². The van der Waals surface area contributed by atoms with Crippen LogP contribution in [-0.4, -0.2) is 20.8 Å². The summed E-state index contributed by atoms with van der Waals surface area (Å²) in [6.07, 6.45) is 3.65. The summed E-state index contributed by atoms with van der Waals surface area (Å²) in [7, 11) is 0. The summed E-state index contributed by atoms with van der Waals surface area (Å²) in [6.45, 7) is 2.06. The van der Waals surface area contributed by atoms with Crippen LogP contribution in [0.1, 0.15) is 36.7 Å². The van der Waals surface area contributed by atoms with Crippen LogP contribution in [0.5, 0.6) is 5.75 Å². The monoisotopic (exact) mass is 646 g/mol. The van der Waals surface area contributed by atoms with Crippen molar-refractivity contribution in [3.63, 3.8) is 0 Å². The van der Waals surface area contributed by atoms with Crippen molar-refractivity contribution in [2.75, 3.05) is 0 Å². The molecule has 4 aromatic rings. The largest absolute Gasteiger partial charge is 0.481 e. The highest BCUT2D eigenvalue weighted by Gasteiger charge is 2.21. The molecule has 8 nitrogen and oxygen atoms in total. The molecule has 0 bridgehead atoms. The number of aryl methyl sites for hydroxylation is 1. The molecule has 4 rings (SSSR count). The number of hydrogen-bond acceptors (Lipinski definition) is 6. The maximum Gasteiger partial charge on any atom is 0.312 e. The Morgan fingerprint density at radius 3 is 2.68 bits per heavy atom. The Balaban J connectivity index is 1.82. The van der Waals surface area contributed by atoms with Gasteiger partial charge in [-0.15, -0.1) is 0 Å². The van der Waals surface area contributed by atoms with Crippen LogP contribution in [0.25, 0.3) is 10.9 Å². The van der Waals surface area contributed by atoms with Gasteiger partial charge < -0.3 is 4.74 Å². The topological polar surface area (TPSA) is 99.6 Å². The fraction of sp³-hybridized carbons (Fsp3) is 0.192. The number of halogens is 3. The fourth-order valence-electron chi connectivity index (χ4n) is 3.68. The number of nitro benzene ring substituents is 1. The first kappa shape index (κ1) is 27.0. The second-order valence-electron chi connectivity index (χ2n) is 8.14. The van der Waals surface area contributed by atoms with Gasteiger partial charge in [-0.25, -0.2) is 4.98 Å². The molecule has 11 heteroatoms. The Kier molecular flexibility index (Phi) is 8.73. The van der Waals surface area contributed by atoms with E-state index in [1.165, 1.54) is 17.0 Å². The lowest BCUT2D eigenvalue weighted by molar-refractivity contribution is -0.386. The standard InChI is InChI=1S/C26H21Br2ClN4O4/c1-2-3-8-24-31-22-10-9-18(27)12-20(22)26(34)32(24)30-14-17-11-19(28)13-23(33(35)36)25(17)37-15-16-6-4-5-7-21(16)29/h4-7,9-14H,2-3,8,15H2,1H3. The molecule has 3 aromatic carbocycles. The number of rotatable bonds is 9. The summed E-state index contributed by atoms with van der Waals surface area (Å²) in [5.41, 5.74) is 0.980. The van der Waals surface area contributed by atoms with Crippen molar-refractivity contribution in [2.45, 2.75) is 32.8 Å². The minimum Gasteiger partial charge on any atom is -0.481 e. The molecule has 0 fully saturated rings. The first-order chi connectivity index (χ1) is 17.8. The molecule has 0 aliphatic heterocycles. The van der Waals surface area contributed by atoms with E-state index in [4.69, 9.17) is 16.3 Å². The van der Waals surface area contributed by atoms with Crippen LogP contribution in [0.2, 0.25) is 5.02 Å². The minimum atomic E-state index is -0.530. The van der Waals surface area contributed by atoms with Gasteiger partial charge in [0.05, 0.1) is 22.0 Å². The first-order valence-electron chi connectivity index (χ1n) is 11.4. The molecule has 0 aliphatic carbocycles. The van der Waals surface area contributed by atoms with Gasteiger partial charge in [0.1, 0.15) is 12.4 Å². The highest BCUT2D eigenvalue weighted by atomic mass is 79.9. The van der Waals surface area contributed by atoms with Crippen molar-refractivity contribution < 1.29 is 9.66 Å². The summed E-state index contributed by atoms with van der Waals surface area (Å²) in [5, 5.41) is 17.2. The molecule has 0 aliphatic rings. The van der Waals surface area contributed by atoms with E-state index in [1.807, 2.05) is 13.0 Å². The third kappa shape index (κ3) is 6.26. The predicted molar refractivity (Wildman–Crippen MR) is 152 cm³/mol. The molecule has 1 aromatic heterocycles. The molecule has 0 spiro atoms. The van der Waals surface area contributed by atoms with E-state index in [0.717, 1.165) is 17.3 Å². The van der Waals surface area contributed by atoms with Crippen molar-refractivity contribution in [1.29, 1.82) is 0 Å². The third-order valence-corrected chi connectivity index (χ3v) is 6.85. The molecule has 0 atom stereocenters. The molecular weight excluding hydrogens is 628 g/mol. The van der Waals surface area contributed by atoms with Gasteiger partial charge in [0.25, 0.3) is 5.56 Å². The Morgan fingerprint density at radius 2 is 1.95 bits per heavy atom. The SMILES string of the molecule is CCCCc1nc2ccc(Br)cc2c(=O)n1N=Cc1cc(Br)cc([N+](=O)[O-])c1OCc1ccccc1Cl. The fourth-order valence-corrected chi connectivity index (χ4v) is 4.70. The van der Waals surface area contributed by atoms with Crippen LogP contribution in [0, 0.1) is 10.1 Å². The summed E-state index contributed by atoms with van der Waals surface area (Å²) in [5.74, 6) is 0.512. The van der Waals surface area contributed by atoms with Gasteiger partial charge in [0.15, 0.2) is 0 Å². The summed E-state index contributed by atoms with van der Waals surface area (Å²) < 4.78 is 8.36. The van der Waals surface area contributed by atoms with E-state index in [1.54, 1.807) is 42.5 Å². The van der Waals surface area contributed by atoms with Crippen LogP contribution in [-0.2, 0) is 13.0 Å². The maximum atomic E-state index is 13.4. The number of nitro groups is 1. The summed E-state index contributed by atoms with van der Waals surface area (Å²) in [4.78, 5) is 29.4. The molecule has 0 N–H and O–H groups in total. The zero-order valence-corrected chi connectivity index (χ0v) is 23.6. The van der Waals surface area contributed by atoms with Crippen molar-refractivity contribution in [1.82, 2.24) is 9.66 Å². The van der Waals surface area contributed by atoms with Crippen LogP contribution in [0.15, 0.2) is 73.4 Å². The van der Waals surface area contributed by atoms with Crippen LogP contribution in [0.3, 0.4) is 0 Å². The Hall–Kier alpha value is -3.08. The molecule has 0 saturated carbocycles. The third-order valence-electron chi connectivity index (χ3n) is 5.53. The number of benzene rings is 3. The maximum absolute atomic E-state index is 13.4. The van der Waals surface area contributed by atoms with Crippen LogP contribution in [0.4, 0.5) is 5.69 Å². The average molecular weight is 649 g/mol. The minimum absolute atomic E-state index is 0.0102. The molecule has 190 valence electrons. The van der Waals surface area contributed by atoms with E-state index < -0.39 is 4.92 Å². The van der Waals surface area contributed by atoms with Gasteiger partial charge >= 0.3 is 5.69 Å². The van der Waals surface area contributed by atoms with E-state index >= 15 is 0 Å². The Bertz CT molecular complexity index is 1570. The van der Waals surface area contributed by atoms with E-state index in [2.05, 4.69) is 41.9 Å². The molecule has 1 heterocycles. The van der Waals surface area contributed by atoms with E-state index in [0.29, 0.717) is 43.8 Å². The highest BCUT2D eigenvalue weighted by molar-refractivity contribution is 9.10. The van der Waals surface area contributed by atoms with Gasteiger partial charge in [-0.1, -0.05) is 75.0 Å². The van der Waals surface area contributed by atoms with Gasteiger partial charge in [0, 0.05) is 37.6 Å². The molecule has 0 saturated heterocycles. The van der Waals surface area contributed by atoms with Crippen molar-refractivity contribution in [3.05, 3.63) is 106 Å². The molecular formula is C26H21Br2ClN4O4. The molecule has 0 amide bonds. The molecule has 0 unspecified atom stereocenters. The highest BCUT2D eigenvalue weighted by Crippen LogP contribution is 2.35. The van der Waals surface area contributed by atoms with Gasteiger partial charge in [-0.2, -0.15) is 9.78 Å². The second kappa shape index (κ2) is 12.0. The summed E-state index contributed by atoms with van der Waals surface area (Å²) in [6, 6.07) is 15.4. The molecule has 0 radical (unpaired) electrons. The smallest absolute Gasteiger partial charge is 0.312 e. The zero-order valence-electron chi connectivity index (χ0n) is 19.7. The zero-order chi connectivity index (χ0) is 26.5. The lowest BCUT2D eigenvalue weighted by Crippen LogP contribution is -2.22. The second-order valence-corrected chi connectivity index (χ2v) is 10.4.